The van der Waals surface area contributed by atoms with Crippen LogP contribution in [0.25, 0.3) is 6.08 Å². The molecule has 2 fully saturated rings. The first-order valence-electron chi connectivity index (χ1n) is 12.1. The molecule has 180 valence electrons. The number of carbonyl (C=O) groups excluding carboxylic acids is 3. The number of hydrogen-bond acceptors (Lipinski definition) is 3. The van der Waals surface area contributed by atoms with Crippen LogP contribution in [0.15, 0.2) is 66.7 Å². The number of nitrogens with zero attached hydrogens (tertiary/aromatic N) is 2. The normalized spacial score (nSPS) is 20.6. The van der Waals surface area contributed by atoms with E-state index in [0.29, 0.717) is 38.8 Å². The maximum atomic E-state index is 13.6. The average molecular weight is 470 g/mol. The van der Waals surface area contributed by atoms with Gasteiger partial charge in [0, 0.05) is 19.2 Å². The molecule has 1 atom stereocenters. The smallest absolute Gasteiger partial charge is 0.325 e. The summed E-state index contributed by atoms with van der Waals surface area (Å²) in [6.45, 7) is 2.89. The molecular formula is C29H31N3O3. The van der Waals surface area contributed by atoms with Gasteiger partial charge in [-0.25, -0.2) is 4.79 Å². The Morgan fingerprint density at radius 1 is 1.06 bits per heavy atom. The van der Waals surface area contributed by atoms with Gasteiger partial charge in [-0.1, -0.05) is 66.6 Å². The number of likely N-dealkylation sites (tertiary alicyclic amines) is 1. The zero-order chi connectivity index (χ0) is 24.7. The van der Waals surface area contributed by atoms with Crippen molar-refractivity contribution in [1.82, 2.24) is 15.1 Å². The van der Waals surface area contributed by atoms with E-state index in [2.05, 4.69) is 17.2 Å². The predicted octanol–water partition coefficient (Wildman–Crippen LogP) is 3.89. The van der Waals surface area contributed by atoms with Gasteiger partial charge in [0.2, 0.25) is 5.91 Å². The lowest BCUT2D eigenvalue weighted by Crippen LogP contribution is -2.56. The van der Waals surface area contributed by atoms with E-state index in [9.17, 15) is 14.4 Å². The van der Waals surface area contributed by atoms with Gasteiger partial charge in [-0.3, -0.25) is 14.5 Å². The molecule has 0 bridgehead atoms. The summed E-state index contributed by atoms with van der Waals surface area (Å²) >= 11 is 0. The first-order valence-corrected chi connectivity index (χ1v) is 12.1. The summed E-state index contributed by atoms with van der Waals surface area (Å²) in [7, 11) is 0. The van der Waals surface area contributed by atoms with Crippen molar-refractivity contribution in [1.29, 1.82) is 0 Å². The van der Waals surface area contributed by atoms with Crippen LogP contribution < -0.4 is 5.32 Å². The van der Waals surface area contributed by atoms with Crippen LogP contribution >= 0.6 is 0 Å². The molecule has 6 nitrogen and oxygen atoms in total. The highest BCUT2D eigenvalue weighted by atomic mass is 16.2. The number of carbonyl (C=O) groups is 3. The highest BCUT2D eigenvalue weighted by Crippen LogP contribution is 2.37. The SMILES string of the molecule is CC#CCN1C(=O)NC(CCc2ccccc2)(C2CCN(C(=O)C=Cc3ccccc3)CC2)C1=O. The fraction of sp³-hybridized carbons (Fsp3) is 0.345. The van der Waals surface area contributed by atoms with E-state index in [1.165, 1.54) is 4.90 Å². The Kier molecular flexibility index (Phi) is 7.67. The minimum Gasteiger partial charge on any atom is -0.339 e. The van der Waals surface area contributed by atoms with Crippen molar-refractivity contribution < 1.29 is 14.4 Å². The molecule has 2 heterocycles. The van der Waals surface area contributed by atoms with Crippen molar-refractivity contribution in [3.63, 3.8) is 0 Å². The fourth-order valence-electron chi connectivity index (χ4n) is 5.01. The lowest BCUT2D eigenvalue weighted by atomic mass is 9.74. The predicted molar refractivity (Wildman–Crippen MR) is 136 cm³/mol. The summed E-state index contributed by atoms with van der Waals surface area (Å²) < 4.78 is 0. The zero-order valence-corrected chi connectivity index (χ0v) is 20.1. The Hall–Kier alpha value is -3.85. The Morgan fingerprint density at radius 3 is 2.37 bits per heavy atom. The summed E-state index contributed by atoms with van der Waals surface area (Å²) in [6, 6.07) is 19.3. The summed E-state index contributed by atoms with van der Waals surface area (Å²) in [6.07, 6.45) is 5.93. The minimum absolute atomic E-state index is 0.0349. The van der Waals surface area contributed by atoms with Gasteiger partial charge in [0.25, 0.3) is 5.91 Å². The van der Waals surface area contributed by atoms with E-state index in [4.69, 9.17) is 0 Å². The van der Waals surface area contributed by atoms with Crippen molar-refractivity contribution in [2.24, 2.45) is 5.92 Å². The third-order valence-corrected chi connectivity index (χ3v) is 6.99. The Balaban J connectivity index is 1.47. The van der Waals surface area contributed by atoms with Crippen LogP contribution in [0.3, 0.4) is 0 Å². The quantitative estimate of drug-likeness (QED) is 0.380. The van der Waals surface area contributed by atoms with Gasteiger partial charge >= 0.3 is 6.03 Å². The maximum Gasteiger partial charge on any atom is 0.325 e. The number of aryl methyl sites for hydroxylation is 1. The number of hydrogen-bond donors (Lipinski definition) is 1. The second-order valence-electron chi connectivity index (χ2n) is 9.05. The summed E-state index contributed by atoms with van der Waals surface area (Å²) in [4.78, 5) is 42.2. The molecule has 2 aromatic rings. The molecule has 4 amide bonds. The summed E-state index contributed by atoms with van der Waals surface area (Å²) in [5, 5.41) is 3.06. The fourth-order valence-corrected chi connectivity index (χ4v) is 5.01. The molecular weight excluding hydrogens is 438 g/mol. The summed E-state index contributed by atoms with van der Waals surface area (Å²) in [5.41, 5.74) is 1.13. The number of piperidine rings is 1. The van der Waals surface area contributed by atoms with Crippen LogP contribution in [-0.2, 0) is 16.0 Å². The van der Waals surface area contributed by atoms with E-state index in [0.717, 1.165) is 11.1 Å². The van der Waals surface area contributed by atoms with Crippen molar-refractivity contribution in [2.45, 2.75) is 38.1 Å². The lowest BCUT2D eigenvalue weighted by molar-refractivity contribution is -0.134. The molecule has 2 saturated heterocycles. The molecule has 2 aliphatic heterocycles. The third kappa shape index (κ3) is 5.46. The van der Waals surface area contributed by atoms with Crippen molar-refractivity contribution in [2.75, 3.05) is 19.6 Å². The molecule has 1 unspecified atom stereocenters. The van der Waals surface area contributed by atoms with Crippen LogP contribution in [0.2, 0.25) is 0 Å². The van der Waals surface area contributed by atoms with Crippen molar-refractivity contribution in [3.05, 3.63) is 77.9 Å². The first-order chi connectivity index (χ1) is 17.0. The Labute approximate surface area is 207 Å². The van der Waals surface area contributed by atoms with E-state index in [1.54, 1.807) is 13.0 Å². The monoisotopic (exact) mass is 469 g/mol. The molecule has 35 heavy (non-hydrogen) atoms. The third-order valence-electron chi connectivity index (χ3n) is 6.99. The Bertz CT molecular complexity index is 1140. The molecule has 0 aromatic heterocycles. The van der Waals surface area contributed by atoms with E-state index < -0.39 is 5.54 Å². The largest absolute Gasteiger partial charge is 0.339 e. The average Bonchev–Trinajstić information content (AvgIpc) is 3.15. The van der Waals surface area contributed by atoms with Crippen LogP contribution in [0, 0.1) is 17.8 Å². The topological polar surface area (TPSA) is 69.7 Å². The zero-order valence-electron chi connectivity index (χ0n) is 20.1. The van der Waals surface area contributed by atoms with Gasteiger partial charge in [-0.05, 0) is 55.7 Å². The molecule has 4 rings (SSSR count). The second-order valence-corrected chi connectivity index (χ2v) is 9.05. The minimum atomic E-state index is -0.975. The van der Waals surface area contributed by atoms with Crippen molar-refractivity contribution in [3.8, 4) is 11.8 Å². The number of urea groups is 1. The molecule has 1 N–H and O–H groups in total. The lowest BCUT2D eigenvalue weighted by Gasteiger charge is -2.40. The Morgan fingerprint density at radius 2 is 1.71 bits per heavy atom. The number of imide groups is 1. The van der Waals surface area contributed by atoms with Gasteiger partial charge in [0.05, 0.1) is 6.54 Å². The van der Waals surface area contributed by atoms with Gasteiger partial charge in [0.15, 0.2) is 0 Å². The number of nitrogens with one attached hydrogen (secondary N) is 1. The van der Waals surface area contributed by atoms with Crippen LogP contribution in [-0.4, -0.2) is 52.8 Å². The second kappa shape index (κ2) is 11.1. The van der Waals surface area contributed by atoms with E-state index in [-0.39, 0.29) is 30.3 Å². The van der Waals surface area contributed by atoms with Crippen LogP contribution in [0.5, 0.6) is 0 Å². The van der Waals surface area contributed by atoms with E-state index >= 15 is 0 Å². The number of amides is 4. The van der Waals surface area contributed by atoms with Crippen LogP contribution in [0.4, 0.5) is 4.79 Å². The molecule has 6 heteroatoms. The molecule has 2 aliphatic rings. The van der Waals surface area contributed by atoms with Crippen LogP contribution in [0.1, 0.15) is 37.3 Å². The first kappa shape index (κ1) is 24.3. The molecule has 0 radical (unpaired) electrons. The molecule has 0 spiro atoms. The molecule has 0 saturated carbocycles. The van der Waals surface area contributed by atoms with Crippen molar-refractivity contribution >= 4 is 23.9 Å². The van der Waals surface area contributed by atoms with Gasteiger partial charge in [0.1, 0.15) is 5.54 Å². The number of rotatable bonds is 7. The highest BCUT2D eigenvalue weighted by molar-refractivity contribution is 6.07. The van der Waals surface area contributed by atoms with Gasteiger partial charge in [-0.2, -0.15) is 0 Å². The number of benzene rings is 2. The molecule has 2 aromatic carbocycles. The highest BCUT2D eigenvalue weighted by Gasteiger charge is 2.55. The standard InChI is InChI=1S/C29H31N3O3/c1-2-3-20-32-27(34)29(30-28(32)35,19-16-24-12-8-5-9-13-24)25-17-21-31(22-18-25)26(33)15-14-23-10-6-4-7-11-23/h4-15,25H,16-22H2,1H3,(H,30,35). The van der Waals surface area contributed by atoms with Gasteiger partial charge < -0.3 is 10.2 Å². The maximum absolute atomic E-state index is 13.6. The van der Waals surface area contributed by atoms with E-state index in [1.807, 2.05) is 71.6 Å². The summed E-state index contributed by atoms with van der Waals surface area (Å²) in [5.74, 6) is 5.33. The molecule has 0 aliphatic carbocycles. The van der Waals surface area contributed by atoms with Gasteiger partial charge in [-0.15, -0.1) is 5.92 Å².